The van der Waals surface area contributed by atoms with Crippen molar-refractivity contribution in [1.82, 2.24) is 5.32 Å². The minimum Gasteiger partial charge on any atom is -0.481 e. The molecule has 1 aliphatic carbocycles. The molecule has 0 radical (unpaired) electrons. The maximum absolute atomic E-state index is 12.0. The van der Waals surface area contributed by atoms with E-state index in [-0.39, 0.29) is 11.9 Å². The molecule has 1 fully saturated rings. The Labute approximate surface area is 102 Å². The highest BCUT2D eigenvalue weighted by atomic mass is 16.4. The van der Waals surface area contributed by atoms with Crippen molar-refractivity contribution in [3.8, 4) is 0 Å². The van der Waals surface area contributed by atoms with Crippen molar-refractivity contribution in [3.05, 3.63) is 0 Å². The van der Waals surface area contributed by atoms with Gasteiger partial charge in [0, 0.05) is 12.6 Å². The Balaban J connectivity index is 2.37. The first kappa shape index (κ1) is 14.0. The summed E-state index contributed by atoms with van der Waals surface area (Å²) in [5.41, 5.74) is 5.46. The van der Waals surface area contributed by atoms with E-state index in [4.69, 9.17) is 10.8 Å². The number of hydrogen-bond acceptors (Lipinski definition) is 3. The second-order valence-electron chi connectivity index (χ2n) is 5.20. The first-order chi connectivity index (χ1) is 7.88. The van der Waals surface area contributed by atoms with E-state index in [0.29, 0.717) is 13.0 Å². The summed E-state index contributed by atoms with van der Waals surface area (Å²) in [6.07, 6.45) is 3.13. The number of carboxylic acid groups (broad SMARTS) is 1. The average Bonchev–Trinajstić information content (AvgIpc) is 2.60. The predicted molar refractivity (Wildman–Crippen MR) is 64.4 cm³/mol. The number of rotatable bonds is 5. The van der Waals surface area contributed by atoms with Crippen molar-refractivity contribution in [2.24, 2.45) is 17.1 Å². The highest BCUT2D eigenvalue weighted by molar-refractivity contribution is 5.83. The Morgan fingerprint density at radius 3 is 2.71 bits per heavy atom. The molecule has 4 N–H and O–H groups in total. The molecular weight excluding hydrogens is 220 g/mol. The number of carbonyl (C=O) groups excluding carboxylic acids is 1. The number of hydrogen-bond donors (Lipinski definition) is 3. The quantitative estimate of drug-likeness (QED) is 0.662. The van der Waals surface area contributed by atoms with E-state index < -0.39 is 17.3 Å². The van der Waals surface area contributed by atoms with E-state index in [1.54, 1.807) is 6.92 Å². The summed E-state index contributed by atoms with van der Waals surface area (Å²) in [7, 11) is 0. The number of nitrogens with two attached hydrogens (primary N) is 1. The van der Waals surface area contributed by atoms with Crippen molar-refractivity contribution >= 4 is 11.9 Å². The van der Waals surface area contributed by atoms with Crippen LogP contribution in [-0.2, 0) is 9.59 Å². The summed E-state index contributed by atoms with van der Waals surface area (Å²) < 4.78 is 0. The third kappa shape index (κ3) is 3.19. The maximum Gasteiger partial charge on any atom is 0.306 e. The molecule has 1 aliphatic rings. The molecule has 1 amide bonds. The predicted octanol–water partition coefficient (Wildman–Crippen LogP) is 0.731. The first-order valence-corrected chi connectivity index (χ1v) is 6.14. The lowest BCUT2D eigenvalue weighted by molar-refractivity contribution is -0.141. The fourth-order valence-electron chi connectivity index (χ4n) is 2.20. The van der Waals surface area contributed by atoms with Gasteiger partial charge >= 0.3 is 5.97 Å². The van der Waals surface area contributed by atoms with Gasteiger partial charge in [-0.2, -0.15) is 0 Å². The summed E-state index contributed by atoms with van der Waals surface area (Å²) >= 11 is 0. The zero-order chi connectivity index (χ0) is 13.1. The van der Waals surface area contributed by atoms with E-state index in [0.717, 1.165) is 19.3 Å². The minimum atomic E-state index is -0.831. The Hall–Kier alpha value is -1.10. The van der Waals surface area contributed by atoms with Gasteiger partial charge in [0.2, 0.25) is 5.91 Å². The largest absolute Gasteiger partial charge is 0.481 e. The lowest BCUT2D eigenvalue weighted by atomic mass is 9.84. The molecule has 0 bridgehead atoms. The summed E-state index contributed by atoms with van der Waals surface area (Å²) in [6.45, 7) is 3.92. The van der Waals surface area contributed by atoms with Crippen LogP contribution in [0.2, 0.25) is 0 Å². The van der Waals surface area contributed by atoms with Gasteiger partial charge in [0.15, 0.2) is 0 Å². The Morgan fingerprint density at radius 2 is 2.24 bits per heavy atom. The van der Waals surface area contributed by atoms with E-state index in [1.807, 2.05) is 6.92 Å². The van der Waals surface area contributed by atoms with E-state index in [2.05, 4.69) is 5.32 Å². The monoisotopic (exact) mass is 242 g/mol. The van der Waals surface area contributed by atoms with Gasteiger partial charge in [-0.15, -0.1) is 0 Å². The molecule has 1 saturated carbocycles. The topological polar surface area (TPSA) is 92.4 Å². The Morgan fingerprint density at radius 1 is 1.59 bits per heavy atom. The van der Waals surface area contributed by atoms with Crippen LogP contribution in [0.5, 0.6) is 0 Å². The van der Waals surface area contributed by atoms with E-state index in [9.17, 15) is 9.59 Å². The molecule has 5 heteroatoms. The Kier molecular flexibility index (Phi) is 4.51. The maximum atomic E-state index is 12.0. The normalized spacial score (nSPS) is 29.9. The number of carboxylic acids is 1. The van der Waals surface area contributed by atoms with Crippen LogP contribution in [-0.4, -0.2) is 29.6 Å². The molecule has 0 aromatic heterocycles. The van der Waals surface area contributed by atoms with Crippen LogP contribution in [0.25, 0.3) is 0 Å². The second-order valence-corrected chi connectivity index (χ2v) is 5.20. The molecule has 0 aliphatic heterocycles. The van der Waals surface area contributed by atoms with Gasteiger partial charge < -0.3 is 16.2 Å². The fourth-order valence-corrected chi connectivity index (χ4v) is 2.20. The van der Waals surface area contributed by atoms with Crippen LogP contribution in [0.4, 0.5) is 0 Å². The summed E-state index contributed by atoms with van der Waals surface area (Å²) in [5, 5.41) is 11.5. The van der Waals surface area contributed by atoms with Crippen LogP contribution < -0.4 is 11.1 Å². The standard InChI is InChI=1S/C12H22N2O3/c1-8(10(15)16)5-7-14-11(17)12(2)6-3-4-9(12)13/h8-9H,3-7,13H2,1-2H3,(H,14,17)(H,15,16). The van der Waals surface area contributed by atoms with Crippen LogP contribution in [0.15, 0.2) is 0 Å². The zero-order valence-electron chi connectivity index (χ0n) is 10.5. The van der Waals surface area contributed by atoms with E-state index >= 15 is 0 Å². The lowest BCUT2D eigenvalue weighted by Gasteiger charge is -2.27. The number of nitrogens with one attached hydrogen (secondary N) is 1. The summed E-state index contributed by atoms with van der Waals surface area (Å²) in [5.74, 6) is -1.30. The molecule has 5 nitrogen and oxygen atoms in total. The third-order valence-electron chi connectivity index (χ3n) is 3.83. The second kappa shape index (κ2) is 5.49. The van der Waals surface area contributed by atoms with Gasteiger partial charge in [-0.25, -0.2) is 0 Å². The van der Waals surface area contributed by atoms with Crippen LogP contribution in [0, 0.1) is 11.3 Å². The van der Waals surface area contributed by atoms with Crippen molar-refractivity contribution in [3.63, 3.8) is 0 Å². The molecule has 98 valence electrons. The molecule has 17 heavy (non-hydrogen) atoms. The van der Waals surface area contributed by atoms with Crippen molar-refractivity contribution in [2.75, 3.05) is 6.54 Å². The molecule has 1 rings (SSSR count). The Bertz CT molecular complexity index is 306. The first-order valence-electron chi connectivity index (χ1n) is 6.14. The molecule has 0 aromatic rings. The molecule has 3 unspecified atom stereocenters. The summed E-state index contributed by atoms with van der Waals surface area (Å²) in [4.78, 5) is 22.6. The summed E-state index contributed by atoms with van der Waals surface area (Å²) in [6, 6.07) is -0.0839. The van der Waals surface area contributed by atoms with E-state index in [1.165, 1.54) is 0 Å². The highest BCUT2D eigenvalue weighted by Gasteiger charge is 2.42. The molecule has 0 saturated heterocycles. The minimum absolute atomic E-state index is 0.0416. The highest BCUT2D eigenvalue weighted by Crippen LogP contribution is 2.36. The molecule has 0 heterocycles. The van der Waals surface area contributed by atoms with Crippen molar-refractivity contribution in [2.45, 2.75) is 45.6 Å². The number of aliphatic carboxylic acids is 1. The van der Waals surface area contributed by atoms with Gasteiger partial charge in [0.05, 0.1) is 11.3 Å². The van der Waals surface area contributed by atoms with Crippen molar-refractivity contribution in [1.29, 1.82) is 0 Å². The molecule has 0 spiro atoms. The van der Waals surface area contributed by atoms with Gasteiger partial charge in [-0.05, 0) is 26.2 Å². The van der Waals surface area contributed by atoms with Crippen LogP contribution in [0.3, 0.4) is 0 Å². The molecule has 3 atom stereocenters. The molecule has 0 aromatic carbocycles. The third-order valence-corrected chi connectivity index (χ3v) is 3.83. The average molecular weight is 242 g/mol. The van der Waals surface area contributed by atoms with Gasteiger partial charge in [0.1, 0.15) is 0 Å². The van der Waals surface area contributed by atoms with Gasteiger partial charge in [0.25, 0.3) is 0 Å². The zero-order valence-corrected chi connectivity index (χ0v) is 10.5. The number of amides is 1. The number of carbonyl (C=O) groups is 2. The van der Waals surface area contributed by atoms with Crippen LogP contribution in [0.1, 0.15) is 39.5 Å². The van der Waals surface area contributed by atoms with Crippen molar-refractivity contribution < 1.29 is 14.7 Å². The lowest BCUT2D eigenvalue weighted by Crippen LogP contribution is -2.47. The smallest absolute Gasteiger partial charge is 0.306 e. The SMILES string of the molecule is CC(CCNC(=O)C1(C)CCCC1N)C(=O)O. The van der Waals surface area contributed by atoms with Gasteiger partial charge in [-0.3, -0.25) is 9.59 Å². The van der Waals surface area contributed by atoms with Gasteiger partial charge in [-0.1, -0.05) is 13.3 Å². The molecular formula is C12H22N2O3. The van der Waals surface area contributed by atoms with Crippen LogP contribution >= 0.6 is 0 Å². The fraction of sp³-hybridized carbons (Fsp3) is 0.833.